The molecule has 1 aliphatic rings. The highest BCUT2D eigenvalue weighted by atomic mass is 16.5. The average molecular weight is 319 g/mol. The number of likely N-dealkylation sites (N-methyl/N-ethyl adjacent to an activating group) is 2. The molecule has 1 aromatic rings. The first-order valence-electron chi connectivity index (χ1n) is 8.46. The SMILES string of the molecule is CCN(CCN(C)CC(=O)N1CCOCC1)c1ccccc1C. The van der Waals surface area contributed by atoms with E-state index in [1.807, 2.05) is 11.9 Å². The first-order valence-corrected chi connectivity index (χ1v) is 8.46. The molecule has 0 spiro atoms. The second-order valence-corrected chi connectivity index (χ2v) is 6.10. The lowest BCUT2D eigenvalue weighted by atomic mass is 10.2. The quantitative estimate of drug-likeness (QED) is 0.765. The molecule has 0 unspecified atom stereocenters. The molecule has 1 amide bonds. The third-order valence-electron chi connectivity index (χ3n) is 4.36. The molecule has 0 bridgehead atoms. The Morgan fingerprint density at radius 3 is 2.57 bits per heavy atom. The molecule has 0 radical (unpaired) electrons. The second-order valence-electron chi connectivity index (χ2n) is 6.10. The van der Waals surface area contributed by atoms with Crippen LogP contribution < -0.4 is 4.90 Å². The molecule has 2 rings (SSSR count). The van der Waals surface area contributed by atoms with Crippen LogP contribution in [0.1, 0.15) is 12.5 Å². The van der Waals surface area contributed by atoms with Crippen LogP contribution in [0.2, 0.25) is 0 Å². The van der Waals surface area contributed by atoms with Gasteiger partial charge in [-0.3, -0.25) is 9.69 Å². The number of carbonyl (C=O) groups excluding carboxylic acids is 1. The first-order chi connectivity index (χ1) is 11.1. The Labute approximate surface area is 139 Å². The zero-order valence-electron chi connectivity index (χ0n) is 14.6. The summed E-state index contributed by atoms with van der Waals surface area (Å²) in [4.78, 5) is 18.6. The number of ether oxygens (including phenoxy) is 1. The third-order valence-corrected chi connectivity index (χ3v) is 4.36. The largest absolute Gasteiger partial charge is 0.378 e. The second kappa shape index (κ2) is 8.89. The topological polar surface area (TPSA) is 36.0 Å². The molecule has 5 heteroatoms. The number of amides is 1. The summed E-state index contributed by atoms with van der Waals surface area (Å²) in [5, 5.41) is 0. The zero-order chi connectivity index (χ0) is 16.7. The summed E-state index contributed by atoms with van der Waals surface area (Å²) in [5.41, 5.74) is 2.57. The van der Waals surface area contributed by atoms with Crippen LogP contribution in [0.3, 0.4) is 0 Å². The summed E-state index contributed by atoms with van der Waals surface area (Å²) in [5.74, 6) is 0.203. The molecule has 1 aromatic carbocycles. The van der Waals surface area contributed by atoms with E-state index in [-0.39, 0.29) is 5.91 Å². The van der Waals surface area contributed by atoms with Gasteiger partial charge in [0.25, 0.3) is 0 Å². The maximum Gasteiger partial charge on any atom is 0.236 e. The van der Waals surface area contributed by atoms with Gasteiger partial charge in [0.15, 0.2) is 0 Å². The van der Waals surface area contributed by atoms with E-state index in [1.165, 1.54) is 11.3 Å². The fourth-order valence-electron chi connectivity index (χ4n) is 2.88. The third kappa shape index (κ3) is 5.22. The molecule has 5 nitrogen and oxygen atoms in total. The molecule has 1 heterocycles. The molecule has 1 saturated heterocycles. The molecule has 128 valence electrons. The van der Waals surface area contributed by atoms with Gasteiger partial charge in [-0.25, -0.2) is 0 Å². The van der Waals surface area contributed by atoms with Gasteiger partial charge in [-0.1, -0.05) is 18.2 Å². The van der Waals surface area contributed by atoms with Gasteiger partial charge in [-0.05, 0) is 32.5 Å². The number of aryl methyl sites for hydroxylation is 1. The first kappa shape index (κ1) is 17.8. The normalized spacial score (nSPS) is 15.0. The molecular weight excluding hydrogens is 290 g/mol. The minimum absolute atomic E-state index is 0.203. The fraction of sp³-hybridized carbons (Fsp3) is 0.611. The maximum absolute atomic E-state index is 12.3. The summed E-state index contributed by atoms with van der Waals surface area (Å²) in [6.07, 6.45) is 0. The van der Waals surface area contributed by atoms with Crippen molar-refractivity contribution >= 4 is 11.6 Å². The standard InChI is InChI=1S/C18H29N3O2/c1-4-20(17-8-6-5-7-16(17)2)10-9-19(3)15-18(22)21-11-13-23-14-12-21/h5-8H,4,9-15H2,1-3H3. The summed E-state index contributed by atoms with van der Waals surface area (Å²) in [6.45, 7) is 10.3. The predicted molar refractivity (Wildman–Crippen MR) is 94.0 cm³/mol. The van der Waals surface area contributed by atoms with E-state index in [0.29, 0.717) is 19.8 Å². The van der Waals surface area contributed by atoms with Gasteiger partial charge in [0.05, 0.1) is 19.8 Å². The van der Waals surface area contributed by atoms with Crippen molar-refractivity contribution in [2.24, 2.45) is 0 Å². The van der Waals surface area contributed by atoms with Crippen LogP contribution in [0.15, 0.2) is 24.3 Å². The van der Waals surface area contributed by atoms with Crippen molar-refractivity contribution in [2.45, 2.75) is 13.8 Å². The van der Waals surface area contributed by atoms with E-state index < -0.39 is 0 Å². The van der Waals surface area contributed by atoms with Crippen LogP contribution in [-0.2, 0) is 9.53 Å². The molecule has 0 saturated carbocycles. The van der Waals surface area contributed by atoms with E-state index in [9.17, 15) is 4.79 Å². The lowest BCUT2D eigenvalue weighted by Crippen LogP contribution is -2.46. The molecule has 0 aromatic heterocycles. The van der Waals surface area contributed by atoms with Crippen LogP contribution in [0.5, 0.6) is 0 Å². The molecule has 23 heavy (non-hydrogen) atoms. The highest BCUT2D eigenvalue weighted by Gasteiger charge is 2.18. The Morgan fingerprint density at radius 1 is 1.22 bits per heavy atom. The number of para-hydroxylation sites is 1. The van der Waals surface area contributed by atoms with E-state index in [1.54, 1.807) is 0 Å². The summed E-state index contributed by atoms with van der Waals surface area (Å²) >= 11 is 0. The Bertz CT molecular complexity index is 501. The van der Waals surface area contributed by atoms with Crippen molar-refractivity contribution in [1.82, 2.24) is 9.80 Å². The Hall–Kier alpha value is -1.59. The maximum atomic E-state index is 12.3. The number of morpholine rings is 1. The van der Waals surface area contributed by atoms with Crippen molar-refractivity contribution in [3.63, 3.8) is 0 Å². The number of benzene rings is 1. The number of nitrogens with zero attached hydrogens (tertiary/aromatic N) is 3. The predicted octanol–water partition coefficient (Wildman–Crippen LogP) is 1.61. The Balaban J connectivity index is 1.81. The lowest BCUT2D eigenvalue weighted by Gasteiger charge is -2.30. The van der Waals surface area contributed by atoms with Crippen molar-refractivity contribution in [2.75, 3.05) is 64.4 Å². The molecule has 0 atom stereocenters. The highest BCUT2D eigenvalue weighted by molar-refractivity contribution is 5.78. The van der Waals surface area contributed by atoms with Crippen LogP contribution >= 0.6 is 0 Å². The monoisotopic (exact) mass is 319 g/mol. The number of hydrogen-bond acceptors (Lipinski definition) is 4. The molecule has 1 aliphatic heterocycles. The number of carbonyl (C=O) groups is 1. The smallest absolute Gasteiger partial charge is 0.236 e. The highest BCUT2D eigenvalue weighted by Crippen LogP contribution is 2.18. The van der Waals surface area contributed by atoms with E-state index >= 15 is 0 Å². The van der Waals surface area contributed by atoms with Gasteiger partial charge >= 0.3 is 0 Å². The van der Waals surface area contributed by atoms with Gasteiger partial charge < -0.3 is 14.5 Å². The summed E-state index contributed by atoms with van der Waals surface area (Å²) in [6, 6.07) is 8.46. The van der Waals surface area contributed by atoms with Crippen molar-refractivity contribution in [3.8, 4) is 0 Å². The number of hydrogen-bond donors (Lipinski definition) is 0. The van der Waals surface area contributed by atoms with E-state index in [4.69, 9.17) is 4.74 Å². The van der Waals surface area contributed by atoms with Crippen LogP contribution in [-0.4, -0.2) is 75.2 Å². The van der Waals surface area contributed by atoms with Gasteiger partial charge in [-0.15, -0.1) is 0 Å². The van der Waals surface area contributed by atoms with Crippen molar-refractivity contribution < 1.29 is 9.53 Å². The van der Waals surface area contributed by atoms with Crippen LogP contribution in [0, 0.1) is 6.92 Å². The van der Waals surface area contributed by atoms with Gasteiger partial charge in [0, 0.05) is 38.4 Å². The van der Waals surface area contributed by atoms with Crippen LogP contribution in [0.4, 0.5) is 5.69 Å². The minimum Gasteiger partial charge on any atom is -0.378 e. The fourth-order valence-corrected chi connectivity index (χ4v) is 2.88. The van der Waals surface area contributed by atoms with Crippen molar-refractivity contribution in [3.05, 3.63) is 29.8 Å². The molecule has 1 fully saturated rings. The zero-order valence-corrected chi connectivity index (χ0v) is 14.6. The summed E-state index contributed by atoms with van der Waals surface area (Å²) < 4.78 is 5.29. The minimum atomic E-state index is 0.203. The van der Waals surface area contributed by atoms with Gasteiger partial charge in [-0.2, -0.15) is 0 Å². The van der Waals surface area contributed by atoms with Crippen LogP contribution in [0.25, 0.3) is 0 Å². The van der Waals surface area contributed by atoms with Gasteiger partial charge in [0.1, 0.15) is 0 Å². The van der Waals surface area contributed by atoms with E-state index in [0.717, 1.165) is 32.7 Å². The number of anilines is 1. The molecular formula is C18H29N3O2. The van der Waals surface area contributed by atoms with E-state index in [2.05, 4.69) is 47.9 Å². The van der Waals surface area contributed by atoms with Crippen molar-refractivity contribution in [1.29, 1.82) is 0 Å². The Kier molecular flexibility index (Phi) is 6.86. The summed E-state index contributed by atoms with van der Waals surface area (Å²) in [7, 11) is 2.02. The molecule has 0 aliphatic carbocycles. The Morgan fingerprint density at radius 2 is 1.91 bits per heavy atom. The number of rotatable bonds is 7. The van der Waals surface area contributed by atoms with Gasteiger partial charge in [0.2, 0.25) is 5.91 Å². The molecule has 0 N–H and O–H groups in total. The lowest BCUT2D eigenvalue weighted by molar-refractivity contribution is -0.136. The average Bonchev–Trinajstić information content (AvgIpc) is 2.57.